The largest absolute Gasteiger partial charge is 0.497 e. The topological polar surface area (TPSA) is 69.3 Å². The maximum absolute atomic E-state index is 13.0. The number of furan rings is 1. The average molecular weight is 442 g/mol. The van der Waals surface area contributed by atoms with E-state index in [0.29, 0.717) is 38.6 Å². The Labute approximate surface area is 183 Å². The molecule has 2 aromatic carbocycles. The molecule has 0 unspecified atom stereocenters. The highest BCUT2D eigenvalue weighted by molar-refractivity contribution is 6.42. The number of nitrogens with one attached hydrogen (secondary N) is 1. The lowest BCUT2D eigenvalue weighted by Gasteiger charge is -2.08. The van der Waals surface area contributed by atoms with Crippen LogP contribution in [0, 0.1) is 0 Å². The molecule has 0 saturated heterocycles. The van der Waals surface area contributed by atoms with Gasteiger partial charge in [-0.3, -0.25) is 4.79 Å². The number of ether oxygens (including phenoxy) is 1. The van der Waals surface area contributed by atoms with Crippen molar-refractivity contribution in [1.82, 2.24) is 15.1 Å². The first-order valence-corrected chi connectivity index (χ1v) is 9.81. The van der Waals surface area contributed by atoms with E-state index in [-0.39, 0.29) is 12.5 Å². The van der Waals surface area contributed by atoms with Crippen molar-refractivity contribution in [3.8, 4) is 22.7 Å². The van der Waals surface area contributed by atoms with Gasteiger partial charge in [0.1, 0.15) is 17.2 Å². The number of hydrogen-bond donors (Lipinski definition) is 1. The van der Waals surface area contributed by atoms with Gasteiger partial charge in [0.25, 0.3) is 5.91 Å². The van der Waals surface area contributed by atoms with Crippen LogP contribution in [0.3, 0.4) is 0 Å². The number of aromatic nitrogens is 2. The monoisotopic (exact) mass is 441 g/mol. The van der Waals surface area contributed by atoms with Crippen molar-refractivity contribution < 1.29 is 13.9 Å². The van der Waals surface area contributed by atoms with Gasteiger partial charge in [-0.25, -0.2) is 4.68 Å². The second-order valence-electron chi connectivity index (χ2n) is 6.42. The van der Waals surface area contributed by atoms with E-state index in [1.165, 1.54) is 4.68 Å². The average Bonchev–Trinajstić information content (AvgIpc) is 3.44. The molecule has 4 aromatic rings. The van der Waals surface area contributed by atoms with E-state index in [2.05, 4.69) is 10.4 Å². The summed E-state index contributed by atoms with van der Waals surface area (Å²) in [5.74, 6) is 1.04. The second-order valence-corrected chi connectivity index (χ2v) is 7.23. The molecular formula is C22H17Cl2N3O3. The Morgan fingerprint density at radius 2 is 1.97 bits per heavy atom. The highest BCUT2D eigenvalue weighted by atomic mass is 35.5. The van der Waals surface area contributed by atoms with E-state index in [4.69, 9.17) is 32.4 Å². The summed E-state index contributed by atoms with van der Waals surface area (Å²) in [6.45, 7) is 0.257. The van der Waals surface area contributed by atoms with Crippen LogP contribution in [0.2, 0.25) is 10.0 Å². The fourth-order valence-corrected chi connectivity index (χ4v) is 3.24. The first-order chi connectivity index (χ1) is 14.5. The molecule has 2 aromatic heterocycles. The Morgan fingerprint density at radius 3 is 2.70 bits per heavy atom. The zero-order chi connectivity index (χ0) is 21.1. The fourth-order valence-electron chi connectivity index (χ4n) is 2.95. The Balaban J connectivity index is 1.74. The fraction of sp³-hybridized carbons (Fsp3) is 0.0909. The zero-order valence-electron chi connectivity index (χ0n) is 15.9. The van der Waals surface area contributed by atoms with Gasteiger partial charge in [0.2, 0.25) is 0 Å². The summed E-state index contributed by atoms with van der Waals surface area (Å²) in [5, 5.41) is 8.28. The predicted molar refractivity (Wildman–Crippen MR) is 115 cm³/mol. The molecule has 1 amide bonds. The molecule has 30 heavy (non-hydrogen) atoms. The molecule has 0 spiro atoms. The minimum absolute atomic E-state index is 0.257. The first-order valence-electron chi connectivity index (χ1n) is 9.05. The molecule has 6 nitrogen and oxygen atoms in total. The van der Waals surface area contributed by atoms with Crippen LogP contribution < -0.4 is 10.1 Å². The van der Waals surface area contributed by atoms with Crippen LogP contribution in [0.15, 0.2) is 71.3 Å². The Hall–Kier alpha value is -3.22. The smallest absolute Gasteiger partial charge is 0.270 e. The van der Waals surface area contributed by atoms with Crippen LogP contribution in [-0.2, 0) is 6.54 Å². The number of rotatable bonds is 6. The number of carbonyl (C=O) groups excluding carboxylic acids is 1. The van der Waals surface area contributed by atoms with Crippen molar-refractivity contribution in [2.75, 3.05) is 7.11 Å². The van der Waals surface area contributed by atoms with Crippen LogP contribution in [0.25, 0.3) is 16.9 Å². The molecule has 0 fully saturated rings. The third kappa shape index (κ3) is 4.20. The van der Waals surface area contributed by atoms with Gasteiger partial charge in [0, 0.05) is 5.56 Å². The number of benzene rings is 2. The number of amides is 1. The molecule has 152 valence electrons. The minimum Gasteiger partial charge on any atom is -0.497 e. The minimum atomic E-state index is -0.306. The van der Waals surface area contributed by atoms with Gasteiger partial charge in [-0.1, -0.05) is 35.3 Å². The second kappa shape index (κ2) is 8.65. The van der Waals surface area contributed by atoms with E-state index in [9.17, 15) is 4.79 Å². The van der Waals surface area contributed by atoms with Crippen LogP contribution in [0.1, 0.15) is 16.2 Å². The highest BCUT2D eigenvalue weighted by Crippen LogP contribution is 2.28. The van der Waals surface area contributed by atoms with Crippen molar-refractivity contribution in [1.29, 1.82) is 0 Å². The number of nitrogens with zero attached hydrogens (tertiary/aromatic N) is 2. The lowest BCUT2D eigenvalue weighted by Crippen LogP contribution is -2.25. The van der Waals surface area contributed by atoms with Gasteiger partial charge in [-0.15, -0.1) is 0 Å². The number of hydrogen-bond acceptors (Lipinski definition) is 4. The molecule has 0 saturated carbocycles. The molecule has 0 bridgehead atoms. The summed E-state index contributed by atoms with van der Waals surface area (Å²) >= 11 is 12.2. The van der Waals surface area contributed by atoms with Gasteiger partial charge < -0.3 is 14.5 Å². The summed E-state index contributed by atoms with van der Waals surface area (Å²) < 4.78 is 12.1. The Morgan fingerprint density at radius 1 is 1.10 bits per heavy atom. The van der Waals surface area contributed by atoms with Crippen molar-refractivity contribution in [3.05, 3.63) is 88.4 Å². The first kappa shape index (κ1) is 20.1. The summed E-state index contributed by atoms with van der Waals surface area (Å²) in [7, 11) is 1.60. The standard InChI is InChI=1S/C22H17Cl2N3O3/c1-29-16-5-2-4-14(10-16)20-12-21(22(28)25-13-17-6-3-9-30-17)27(26-20)15-7-8-18(23)19(24)11-15/h2-12H,13H2,1H3,(H,25,28). The summed E-state index contributed by atoms with van der Waals surface area (Å²) in [6, 6.07) is 17.8. The SMILES string of the molecule is COc1cccc(-c2cc(C(=O)NCc3ccco3)n(-c3ccc(Cl)c(Cl)c3)n2)c1. The lowest BCUT2D eigenvalue weighted by atomic mass is 10.1. The summed E-state index contributed by atoms with van der Waals surface area (Å²) in [5.41, 5.74) is 2.39. The van der Waals surface area contributed by atoms with Crippen molar-refractivity contribution in [3.63, 3.8) is 0 Å². The molecule has 8 heteroatoms. The molecule has 0 aliphatic heterocycles. The molecule has 0 aliphatic rings. The van der Waals surface area contributed by atoms with Crippen molar-refractivity contribution in [2.45, 2.75) is 6.54 Å². The van der Waals surface area contributed by atoms with Gasteiger partial charge in [-0.2, -0.15) is 5.10 Å². The number of carbonyl (C=O) groups is 1. The third-order valence-electron chi connectivity index (χ3n) is 4.46. The normalized spacial score (nSPS) is 10.8. The molecule has 0 atom stereocenters. The van der Waals surface area contributed by atoms with E-state index in [0.717, 1.165) is 5.56 Å². The van der Waals surface area contributed by atoms with Crippen LogP contribution in [0.5, 0.6) is 5.75 Å². The maximum atomic E-state index is 13.0. The van der Waals surface area contributed by atoms with E-state index >= 15 is 0 Å². The van der Waals surface area contributed by atoms with Crippen LogP contribution in [0.4, 0.5) is 0 Å². The third-order valence-corrected chi connectivity index (χ3v) is 5.20. The van der Waals surface area contributed by atoms with Crippen molar-refractivity contribution in [2.24, 2.45) is 0 Å². The molecular weight excluding hydrogens is 425 g/mol. The Bertz CT molecular complexity index is 1190. The molecule has 4 rings (SSSR count). The summed E-state index contributed by atoms with van der Waals surface area (Å²) in [6.07, 6.45) is 1.56. The lowest BCUT2D eigenvalue weighted by molar-refractivity contribution is 0.0940. The highest BCUT2D eigenvalue weighted by Gasteiger charge is 2.19. The molecule has 0 aliphatic carbocycles. The van der Waals surface area contributed by atoms with E-state index in [1.54, 1.807) is 49.8 Å². The van der Waals surface area contributed by atoms with Gasteiger partial charge in [0.15, 0.2) is 0 Å². The summed E-state index contributed by atoms with van der Waals surface area (Å²) in [4.78, 5) is 13.0. The van der Waals surface area contributed by atoms with Crippen LogP contribution in [-0.4, -0.2) is 22.8 Å². The quantitative estimate of drug-likeness (QED) is 0.436. The van der Waals surface area contributed by atoms with E-state index < -0.39 is 0 Å². The van der Waals surface area contributed by atoms with Gasteiger partial charge in [0.05, 0.1) is 41.3 Å². The van der Waals surface area contributed by atoms with Crippen molar-refractivity contribution >= 4 is 29.1 Å². The van der Waals surface area contributed by atoms with Gasteiger partial charge >= 0.3 is 0 Å². The Kier molecular flexibility index (Phi) is 5.79. The maximum Gasteiger partial charge on any atom is 0.270 e. The number of halogens is 2. The molecule has 0 radical (unpaired) electrons. The zero-order valence-corrected chi connectivity index (χ0v) is 17.4. The number of methoxy groups -OCH3 is 1. The molecule has 2 heterocycles. The molecule has 1 N–H and O–H groups in total. The van der Waals surface area contributed by atoms with E-state index in [1.807, 2.05) is 24.3 Å². The van der Waals surface area contributed by atoms with Gasteiger partial charge in [-0.05, 0) is 48.5 Å². The van der Waals surface area contributed by atoms with Crippen LogP contribution >= 0.6 is 23.2 Å². The predicted octanol–water partition coefficient (Wildman–Crippen LogP) is 5.38.